The molecule has 28 heavy (non-hydrogen) atoms. The first-order valence-corrected chi connectivity index (χ1v) is 10.9. The van der Waals surface area contributed by atoms with Gasteiger partial charge in [-0.2, -0.15) is 5.10 Å². The number of hydrazone groups is 1. The zero-order chi connectivity index (χ0) is 20.5. The highest BCUT2D eigenvalue weighted by Gasteiger charge is 2.37. The summed E-state index contributed by atoms with van der Waals surface area (Å²) in [5, 5.41) is 5.29. The van der Waals surface area contributed by atoms with E-state index in [-0.39, 0.29) is 4.90 Å². The monoisotopic (exact) mass is 439 g/mol. The van der Waals surface area contributed by atoms with Gasteiger partial charge in [0.2, 0.25) is 0 Å². The molecule has 1 N–H and O–H groups in total. The van der Waals surface area contributed by atoms with Crippen molar-refractivity contribution in [2.45, 2.75) is 36.0 Å². The van der Waals surface area contributed by atoms with Gasteiger partial charge in [0.05, 0.1) is 16.6 Å². The lowest BCUT2D eigenvalue weighted by Gasteiger charge is -2.22. The van der Waals surface area contributed by atoms with Crippen molar-refractivity contribution in [2.24, 2.45) is 5.10 Å². The lowest BCUT2D eigenvalue weighted by Crippen LogP contribution is -2.45. The second kappa shape index (κ2) is 8.11. The van der Waals surface area contributed by atoms with Gasteiger partial charge in [-0.3, -0.25) is 0 Å². The summed E-state index contributed by atoms with van der Waals surface area (Å²) in [4.78, 5) is 11.7. The maximum Gasteiger partial charge on any atom is 0.352 e. The smallest absolute Gasteiger partial charge is 0.246 e. The third kappa shape index (κ3) is 4.48. The summed E-state index contributed by atoms with van der Waals surface area (Å²) < 4.78 is 27.0. The topological polar surface area (TPSA) is 78.8 Å². The summed E-state index contributed by atoms with van der Waals surface area (Å²) in [6.45, 7) is 3.80. The molecular weight excluding hydrogens is 421 g/mol. The highest BCUT2D eigenvalue weighted by molar-refractivity contribution is 7.90. The highest BCUT2D eigenvalue weighted by Crippen LogP contribution is 2.27. The number of benzene rings is 2. The van der Waals surface area contributed by atoms with Crippen LogP contribution in [0.1, 0.15) is 23.1 Å². The number of hydrogen-bond donors (Lipinski definition) is 1. The number of rotatable bonds is 4. The van der Waals surface area contributed by atoms with E-state index in [0.29, 0.717) is 12.1 Å². The molecule has 3 rings (SSSR count). The molecule has 1 atom stereocenters. The number of nitrogens with zero attached hydrogens (tertiary/aromatic N) is 2. The van der Waals surface area contributed by atoms with Crippen LogP contribution in [0.2, 0.25) is 0 Å². The number of amides is 2. The molecule has 0 radical (unpaired) electrons. The second-order valence-electron chi connectivity index (χ2n) is 6.59. The number of alkyl halides is 2. The van der Waals surface area contributed by atoms with E-state index < -0.39 is 26.9 Å². The average molecular weight is 440 g/mol. The van der Waals surface area contributed by atoms with Gasteiger partial charge in [-0.25, -0.2) is 22.9 Å². The number of sulfonamides is 1. The number of urea groups is 1. The fraction of sp³-hybridized carbons (Fsp3) is 0.263. The molecule has 2 amide bonds. The van der Waals surface area contributed by atoms with Crippen molar-refractivity contribution in [2.75, 3.05) is 0 Å². The third-order valence-corrected chi connectivity index (χ3v) is 6.30. The molecule has 1 unspecified atom stereocenters. The summed E-state index contributed by atoms with van der Waals surface area (Å²) in [7, 11) is -4.05. The van der Waals surface area contributed by atoms with E-state index in [9.17, 15) is 13.2 Å². The van der Waals surface area contributed by atoms with E-state index in [2.05, 4.69) is 5.10 Å². The molecule has 148 valence electrons. The molecule has 0 bridgehead atoms. The molecule has 1 heterocycles. The molecule has 0 aromatic heterocycles. The first kappa shape index (κ1) is 20.6. The second-order valence-corrected chi connectivity index (χ2v) is 9.43. The number of halogens is 2. The van der Waals surface area contributed by atoms with Crippen LogP contribution < -0.4 is 4.72 Å². The number of carbonyl (C=O) groups excluding carboxylic acids is 1. The number of aryl methyl sites for hydroxylation is 2. The Morgan fingerprint density at radius 2 is 1.61 bits per heavy atom. The summed E-state index contributed by atoms with van der Waals surface area (Å²) in [5.41, 5.74) is 3.43. The van der Waals surface area contributed by atoms with Crippen molar-refractivity contribution >= 4 is 45.0 Å². The van der Waals surface area contributed by atoms with Gasteiger partial charge in [0.15, 0.2) is 0 Å². The fourth-order valence-electron chi connectivity index (χ4n) is 2.78. The van der Waals surface area contributed by atoms with Gasteiger partial charge in [0.25, 0.3) is 10.0 Å². The van der Waals surface area contributed by atoms with Crippen molar-refractivity contribution < 1.29 is 13.2 Å². The van der Waals surface area contributed by atoms with Gasteiger partial charge in [0.1, 0.15) is 4.84 Å². The van der Waals surface area contributed by atoms with Gasteiger partial charge in [0, 0.05) is 6.42 Å². The number of carbonyl (C=O) groups is 1. The molecule has 2 aromatic rings. The Morgan fingerprint density at radius 3 is 2.14 bits per heavy atom. The zero-order valence-electron chi connectivity index (χ0n) is 15.3. The first-order chi connectivity index (χ1) is 13.2. The van der Waals surface area contributed by atoms with Crippen LogP contribution in [0.15, 0.2) is 58.5 Å². The maximum absolute atomic E-state index is 12.7. The molecule has 2 aromatic carbocycles. The van der Waals surface area contributed by atoms with E-state index in [4.69, 9.17) is 23.2 Å². The fourth-order valence-corrected chi connectivity index (χ4v) is 4.11. The summed E-state index contributed by atoms with van der Waals surface area (Å²) in [6, 6.07) is 12.2. The van der Waals surface area contributed by atoms with Crippen LogP contribution in [0, 0.1) is 13.8 Å². The van der Waals surface area contributed by atoms with Crippen LogP contribution in [0.5, 0.6) is 0 Å². The van der Waals surface area contributed by atoms with Crippen LogP contribution in [0.4, 0.5) is 4.79 Å². The van der Waals surface area contributed by atoms with Crippen LogP contribution in [0.3, 0.4) is 0 Å². The average Bonchev–Trinajstić information content (AvgIpc) is 3.08. The predicted octanol–water partition coefficient (Wildman–Crippen LogP) is 3.98. The first-order valence-electron chi connectivity index (χ1n) is 8.53. The van der Waals surface area contributed by atoms with Crippen molar-refractivity contribution in [1.82, 2.24) is 9.73 Å². The van der Waals surface area contributed by atoms with E-state index in [1.807, 2.05) is 42.8 Å². The molecule has 0 saturated heterocycles. The van der Waals surface area contributed by atoms with E-state index in [0.717, 1.165) is 21.7 Å². The van der Waals surface area contributed by atoms with Crippen LogP contribution >= 0.6 is 23.2 Å². The minimum Gasteiger partial charge on any atom is -0.246 e. The Labute approximate surface area is 174 Å². The van der Waals surface area contributed by atoms with E-state index in [1.165, 1.54) is 12.1 Å². The van der Waals surface area contributed by atoms with E-state index >= 15 is 0 Å². The molecule has 1 aliphatic rings. The zero-order valence-corrected chi connectivity index (χ0v) is 17.6. The summed E-state index contributed by atoms with van der Waals surface area (Å²) >= 11 is 12.1. The van der Waals surface area contributed by atoms with Gasteiger partial charge in [-0.1, -0.05) is 47.5 Å². The predicted molar refractivity (Wildman–Crippen MR) is 110 cm³/mol. The number of hydrogen-bond acceptors (Lipinski definition) is 4. The SMILES string of the molecule is Cc1ccc(C2=NN(C(=O)NS(=O)(=O)c3ccc(C)cc3)C(C(Cl)Cl)C2)cc1. The lowest BCUT2D eigenvalue weighted by molar-refractivity contribution is 0.194. The van der Waals surface area contributed by atoms with Crippen molar-refractivity contribution in [3.63, 3.8) is 0 Å². The van der Waals surface area contributed by atoms with Gasteiger partial charge >= 0.3 is 6.03 Å². The summed E-state index contributed by atoms with van der Waals surface area (Å²) in [6.07, 6.45) is 0.318. The third-order valence-electron chi connectivity index (χ3n) is 4.38. The molecule has 0 aliphatic carbocycles. The molecule has 0 saturated carbocycles. The Morgan fingerprint density at radius 1 is 1.07 bits per heavy atom. The Hall–Kier alpha value is -2.09. The van der Waals surface area contributed by atoms with Gasteiger partial charge < -0.3 is 0 Å². The highest BCUT2D eigenvalue weighted by atomic mass is 35.5. The minimum atomic E-state index is -4.05. The lowest BCUT2D eigenvalue weighted by atomic mass is 10.0. The Bertz CT molecular complexity index is 1000. The maximum atomic E-state index is 12.7. The van der Waals surface area contributed by atoms with Crippen molar-refractivity contribution in [3.05, 3.63) is 65.2 Å². The molecular formula is C19H19Cl2N3O3S. The summed E-state index contributed by atoms with van der Waals surface area (Å²) in [5.74, 6) is 0. The van der Waals surface area contributed by atoms with E-state index in [1.54, 1.807) is 12.1 Å². The van der Waals surface area contributed by atoms with Crippen molar-refractivity contribution in [1.29, 1.82) is 0 Å². The Kier molecular flexibility index (Phi) is 5.98. The molecule has 6 nitrogen and oxygen atoms in total. The molecule has 0 spiro atoms. The normalized spacial score (nSPS) is 17.0. The quantitative estimate of drug-likeness (QED) is 0.731. The van der Waals surface area contributed by atoms with Crippen molar-refractivity contribution in [3.8, 4) is 0 Å². The van der Waals surface area contributed by atoms with Gasteiger partial charge in [-0.05, 0) is 31.5 Å². The molecule has 9 heteroatoms. The largest absolute Gasteiger partial charge is 0.352 e. The molecule has 1 aliphatic heterocycles. The van der Waals surface area contributed by atoms with Crippen LogP contribution in [0.25, 0.3) is 0 Å². The van der Waals surface area contributed by atoms with Crippen LogP contribution in [-0.2, 0) is 10.0 Å². The standard InChI is InChI=1S/C19H19Cl2N3O3S/c1-12-3-7-14(8-4-12)16-11-17(18(20)21)24(22-16)19(25)23-28(26,27)15-9-5-13(2)6-10-15/h3-10,17-18H,11H2,1-2H3,(H,23,25). The van der Waals surface area contributed by atoms with Gasteiger partial charge in [-0.15, -0.1) is 23.2 Å². The minimum absolute atomic E-state index is 0.0155. The number of nitrogens with one attached hydrogen (secondary N) is 1. The molecule has 0 fully saturated rings. The Balaban J connectivity index is 1.85. The van der Waals surface area contributed by atoms with Crippen LogP contribution in [-0.4, -0.2) is 36.0 Å².